The molecule has 126 valence electrons. The van der Waals surface area contributed by atoms with Gasteiger partial charge in [0.2, 0.25) is 0 Å². The third kappa shape index (κ3) is 3.15. The number of anilines is 1. The molecule has 6 nitrogen and oxygen atoms in total. The number of aromatic nitrogens is 2. The van der Waals surface area contributed by atoms with E-state index >= 15 is 0 Å². The molecule has 1 N–H and O–H groups in total. The van der Waals surface area contributed by atoms with E-state index in [1.54, 1.807) is 4.90 Å². The minimum atomic E-state index is -0.704. The number of rotatable bonds is 2. The van der Waals surface area contributed by atoms with Crippen molar-refractivity contribution in [2.24, 2.45) is 0 Å². The summed E-state index contributed by atoms with van der Waals surface area (Å²) in [6.45, 7) is 5.83. The Morgan fingerprint density at radius 3 is 2.50 bits per heavy atom. The number of phenols is 1. The zero-order chi connectivity index (χ0) is 17.3. The lowest BCUT2D eigenvalue weighted by Gasteiger charge is -2.35. The fourth-order valence-electron chi connectivity index (χ4n) is 2.88. The molecule has 2 heterocycles. The van der Waals surface area contributed by atoms with Gasteiger partial charge in [0.05, 0.1) is 0 Å². The van der Waals surface area contributed by atoms with Gasteiger partial charge in [-0.15, -0.1) is 0 Å². The fourth-order valence-corrected chi connectivity index (χ4v) is 2.88. The Morgan fingerprint density at radius 2 is 1.88 bits per heavy atom. The molecule has 7 heteroatoms. The SMILES string of the molecule is Cc1cc(N2CCN(C(=O)c3c(O)cccc3F)CC2)nc(C)n1. The molecule has 1 amide bonds. The number of nitrogens with zero attached hydrogens (tertiary/aromatic N) is 4. The number of carbonyl (C=O) groups excluding carboxylic acids is 1. The van der Waals surface area contributed by atoms with Crippen LogP contribution in [0, 0.1) is 19.7 Å². The van der Waals surface area contributed by atoms with E-state index in [9.17, 15) is 14.3 Å². The van der Waals surface area contributed by atoms with Crippen molar-refractivity contribution in [3.05, 3.63) is 47.2 Å². The van der Waals surface area contributed by atoms with E-state index in [0.717, 1.165) is 11.5 Å². The number of carbonyl (C=O) groups is 1. The zero-order valence-corrected chi connectivity index (χ0v) is 13.7. The monoisotopic (exact) mass is 330 g/mol. The Bertz CT molecular complexity index is 733. The number of phenolic OH excluding ortho intramolecular Hbond substituents is 1. The maximum Gasteiger partial charge on any atom is 0.260 e. The van der Waals surface area contributed by atoms with Crippen molar-refractivity contribution < 1.29 is 14.3 Å². The van der Waals surface area contributed by atoms with Crippen LogP contribution in [0.25, 0.3) is 0 Å². The summed E-state index contributed by atoms with van der Waals surface area (Å²) in [5.74, 6) is 0.0230. The number of hydrogen-bond donors (Lipinski definition) is 1. The predicted molar refractivity (Wildman–Crippen MR) is 87.7 cm³/mol. The minimum Gasteiger partial charge on any atom is -0.507 e. The van der Waals surface area contributed by atoms with Gasteiger partial charge in [0.25, 0.3) is 5.91 Å². The molecule has 3 rings (SSSR count). The lowest BCUT2D eigenvalue weighted by Crippen LogP contribution is -2.49. The minimum absolute atomic E-state index is 0.264. The fraction of sp³-hybridized carbons (Fsp3) is 0.353. The van der Waals surface area contributed by atoms with Gasteiger partial charge in [-0.1, -0.05) is 6.07 Å². The van der Waals surface area contributed by atoms with E-state index in [0.29, 0.717) is 32.0 Å². The van der Waals surface area contributed by atoms with E-state index in [1.165, 1.54) is 18.2 Å². The third-order valence-corrected chi connectivity index (χ3v) is 4.05. The van der Waals surface area contributed by atoms with Crippen LogP contribution in [-0.4, -0.2) is 52.1 Å². The number of hydrogen-bond acceptors (Lipinski definition) is 5. The van der Waals surface area contributed by atoms with Crippen molar-refractivity contribution in [1.82, 2.24) is 14.9 Å². The molecular formula is C17H19FN4O2. The van der Waals surface area contributed by atoms with E-state index < -0.39 is 11.7 Å². The summed E-state index contributed by atoms with van der Waals surface area (Å²) >= 11 is 0. The number of amides is 1. The molecule has 0 radical (unpaired) electrons. The highest BCUT2D eigenvalue weighted by Gasteiger charge is 2.26. The molecular weight excluding hydrogens is 311 g/mol. The molecule has 0 unspecified atom stereocenters. The number of aryl methyl sites for hydroxylation is 2. The first-order chi connectivity index (χ1) is 11.5. The molecule has 1 saturated heterocycles. The van der Waals surface area contributed by atoms with E-state index in [-0.39, 0.29) is 11.3 Å². The Morgan fingerprint density at radius 1 is 1.17 bits per heavy atom. The molecule has 1 aromatic carbocycles. The maximum absolute atomic E-state index is 13.9. The van der Waals surface area contributed by atoms with Gasteiger partial charge in [0.15, 0.2) is 0 Å². The Kier molecular flexibility index (Phi) is 4.33. The van der Waals surface area contributed by atoms with Crippen molar-refractivity contribution in [3.63, 3.8) is 0 Å². The molecule has 0 atom stereocenters. The summed E-state index contributed by atoms with van der Waals surface area (Å²) in [4.78, 5) is 24.8. The Labute approximate surface area is 139 Å². The van der Waals surface area contributed by atoms with Crippen LogP contribution in [0.4, 0.5) is 10.2 Å². The number of halogens is 1. The van der Waals surface area contributed by atoms with Gasteiger partial charge in [-0.3, -0.25) is 4.79 Å². The van der Waals surface area contributed by atoms with Crippen molar-refractivity contribution in [2.75, 3.05) is 31.1 Å². The number of benzene rings is 1. The lowest BCUT2D eigenvalue weighted by atomic mass is 10.1. The highest BCUT2D eigenvalue weighted by molar-refractivity contribution is 5.97. The maximum atomic E-state index is 13.9. The van der Waals surface area contributed by atoms with Crippen LogP contribution in [0.2, 0.25) is 0 Å². The second-order valence-electron chi connectivity index (χ2n) is 5.83. The molecule has 1 fully saturated rings. The molecule has 2 aromatic rings. The molecule has 1 aliphatic rings. The summed E-state index contributed by atoms with van der Waals surface area (Å²) < 4.78 is 13.9. The van der Waals surface area contributed by atoms with Crippen LogP contribution in [-0.2, 0) is 0 Å². The van der Waals surface area contributed by atoms with Gasteiger partial charge in [-0.05, 0) is 26.0 Å². The summed E-state index contributed by atoms with van der Waals surface area (Å²) in [7, 11) is 0. The molecule has 1 aliphatic heterocycles. The van der Waals surface area contributed by atoms with E-state index in [4.69, 9.17) is 0 Å². The van der Waals surface area contributed by atoms with Crippen LogP contribution in [0.15, 0.2) is 24.3 Å². The van der Waals surface area contributed by atoms with Gasteiger partial charge in [-0.25, -0.2) is 14.4 Å². The number of piperazine rings is 1. The van der Waals surface area contributed by atoms with Gasteiger partial charge in [0, 0.05) is 37.9 Å². The summed E-state index contributed by atoms with van der Waals surface area (Å²) in [6, 6.07) is 5.78. The second-order valence-corrected chi connectivity index (χ2v) is 5.83. The van der Waals surface area contributed by atoms with E-state index in [2.05, 4.69) is 14.9 Å². The van der Waals surface area contributed by atoms with E-state index in [1.807, 2.05) is 19.9 Å². The normalized spacial score (nSPS) is 14.8. The smallest absolute Gasteiger partial charge is 0.260 e. The highest BCUT2D eigenvalue weighted by Crippen LogP contribution is 2.23. The van der Waals surface area contributed by atoms with Crippen molar-refractivity contribution in [1.29, 1.82) is 0 Å². The zero-order valence-electron chi connectivity index (χ0n) is 13.7. The van der Waals surface area contributed by atoms with Gasteiger partial charge >= 0.3 is 0 Å². The summed E-state index contributed by atoms with van der Waals surface area (Å²) in [5, 5.41) is 9.77. The topological polar surface area (TPSA) is 69.6 Å². The van der Waals surface area contributed by atoms with Crippen molar-refractivity contribution >= 4 is 11.7 Å². The highest BCUT2D eigenvalue weighted by atomic mass is 19.1. The molecule has 0 bridgehead atoms. The van der Waals surface area contributed by atoms with Crippen LogP contribution >= 0.6 is 0 Å². The standard InChI is InChI=1S/C17H19FN4O2/c1-11-10-15(20-12(2)19-11)21-6-8-22(9-7-21)17(24)16-13(18)4-3-5-14(16)23/h3-5,10,23H,6-9H2,1-2H3. The first kappa shape index (κ1) is 16.2. The third-order valence-electron chi connectivity index (χ3n) is 4.05. The van der Waals surface area contributed by atoms with Gasteiger partial charge in [-0.2, -0.15) is 0 Å². The molecule has 0 spiro atoms. The first-order valence-corrected chi connectivity index (χ1v) is 7.79. The van der Waals surface area contributed by atoms with Crippen LogP contribution in [0.5, 0.6) is 5.75 Å². The van der Waals surface area contributed by atoms with Crippen LogP contribution in [0.1, 0.15) is 21.9 Å². The Hall–Kier alpha value is -2.70. The predicted octanol–water partition coefficient (Wildman–Crippen LogP) is 1.90. The molecule has 0 aliphatic carbocycles. The summed E-state index contributed by atoms with van der Waals surface area (Å²) in [6.07, 6.45) is 0. The lowest BCUT2D eigenvalue weighted by molar-refractivity contribution is 0.0738. The van der Waals surface area contributed by atoms with Gasteiger partial charge < -0.3 is 14.9 Å². The van der Waals surface area contributed by atoms with Crippen molar-refractivity contribution in [2.45, 2.75) is 13.8 Å². The first-order valence-electron chi connectivity index (χ1n) is 7.79. The average molecular weight is 330 g/mol. The molecule has 24 heavy (non-hydrogen) atoms. The van der Waals surface area contributed by atoms with Crippen LogP contribution < -0.4 is 4.90 Å². The average Bonchev–Trinajstić information content (AvgIpc) is 2.54. The molecule has 1 aromatic heterocycles. The molecule has 0 saturated carbocycles. The Balaban J connectivity index is 1.72. The second kappa shape index (κ2) is 6.43. The van der Waals surface area contributed by atoms with Crippen LogP contribution in [0.3, 0.4) is 0 Å². The van der Waals surface area contributed by atoms with Crippen molar-refractivity contribution in [3.8, 4) is 5.75 Å². The quantitative estimate of drug-likeness (QED) is 0.911. The van der Waals surface area contributed by atoms with Gasteiger partial charge in [0.1, 0.15) is 28.8 Å². The number of aromatic hydroxyl groups is 1. The largest absolute Gasteiger partial charge is 0.507 e. The summed E-state index contributed by atoms with van der Waals surface area (Å²) in [5.41, 5.74) is 0.631.